The number of halogens is 1. The van der Waals surface area contributed by atoms with E-state index < -0.39 is 0 Å². The van der Waals surface area contributed by atoms with Crippen LogP contribution in [0.5, 0.6) is 11.5 Å². The van der Waals surface area contributed by atoms with Gasteiger partial charge >= 0.3 is 0 Å². The van der Waals surface area contributed by atoms with E-state index in [0.29, 0.717) is 0 Å². The number of likely N-dealkylation sites (N-methyl/N-ethyl adjacent to an activating group) is 1. The first-order valence-corrected chi connectivity index (χ1v) is 8.34. The quantitative estimate of drug-likeness (QED) is 0.534. The fourth-order valence-electron chi connectivity index (χ4n) is 3.52. The zero-order valence-corrected chi connectivity index (χ0v) is 15.9. The molecule has 2 aromatic rings. The van der Waals surface area contributed by atoms with Crippen molar-refractivity contribution in [2.45, 2.75) is 18.9 Å². The van der Waals surface area contributed by atoms with Crippen LogP contribution in [0.1, 0.15) is 22.7 Å². The van der Waals surface area contributed by atoms with Crippen molar-refractivity contribution in [2.75, 3.05) is 27.8 Å². The molecule has 0 radical (unpaired) electrons. The normalized spacial score (nSPS) is 18.4. The third-order valence-corrected chi connectivity index (χ3v) is 4.99. The summed E-state index contributed by atoms with van der Waals surface area (Å²) in [5.74, 6) is 1.50. The average Bonchev–Trinajstić information content (AvgIpc) is 2.63. The molecule has 140 valence electrons. The van der Waals surface area contributed by atoms with Crippen molar-refractivity contribution in [3.8, 4) is 11.5 Å². The lowest BCUT2D eigenvalue weighted by atomic mass is 9.88. The lowest BCUT2D eigenvalue weighted by molar-refractivity contribution is -0.914. The molecule has 0 aliphatic carbocycles. The van der Waals surface area contributed by atoms with E-state index in [0.717, 1.165) is 36.4 Å². The Kier molecular flexibility index (Phi) is 6.45. The Morgan fingerprint density at radius 2 is 1.77 bits per heavy atom. The molecule has 0 saturated heterocycles. The van der Waals surface area contributed by atoms with Gasteiger partial charge in [-0.3, -0.25) is 10.1 Å². The Bertz CT molecular complexity index is 780. The minimum atomic E-state index is -0.367. The van der Waals surface area contributed by atoms with Gasteiger partial charge in [-0.2, -0.15) is 0 Å². The molecule has 0 aromatic heterocycles. The van der Waals surface area contributed by atoms with Gasteiger partial charge in [-0.15, -0.1) is 0 Å². The fraction of sp³-hybridized carbons (Fsp3) is 0.368. The molecule has 26 heavy (non-hydrogen) atoms. The first-order chi connectivity index (χ1) is 12.0. The first-order valence-electron chi connectivity index (χ1n) is 8.34. The number of hydrogen-bond acceptors (Lipinski definition) is 4. The van der Waals surface area contributed by atoms with Crippen LogP contribution in [0.3, 0.4) is 0 Å². The Balaban J connectivity index is 0.00000243. The lowest BCUT2D eigenvalue weighted by Gasteiger charge is -2.32. The predicted octanol–water partition coefficient (Wildman–Crippen LogP) is -1.03. The van der Waals surface area contributed by atoms with Crippen LogP contribution in [0.4, 0.5) is 5.69 Å². The van der Waals surface area contributed by atoms with Crippen molar-refractivity contribution >= 4 is 5.69 Å². The zero-order chi connectivity index (χ0) is 18.0. The molecule has 3 rings (SSSR count). The molecule has 2 atom stereocenters. The molecule has 7 heteroatoms. The summed E-state index contributed by atoms with van der Waals surface area (Å²) in [5.41, 5.74) is 3.77. The summed E-state index contributed by atoms with van der Waals surface area (Å²) >= 11 is 0. The molecular formula is C19H23ClN2O4. The molecule has 2 unspecified atom stereocenters. The van der Waals surface area contributed by atoms with Gasteiger partial charge in [-0.05, 0) is 23.3 Å². The van der Waals surface area contributed by atoms with Crippen LogP contribution in [0.2, 0.25) is 0 Å². The topological polar surface area (TPSA) is 66.0 Å². The Morgan fingerprint density at radius 1 is 1.15 bits per heavy atom. The Morgan fingerprint density at radius 3 is 2.35 bits per heavy atom. The highest BCUT2D eigenvalue weighted by Gasteiger charge is 2.30. The number of nitrogens with one attached hydrogen (secondary N) is 1. The van der Waals surface area contributed by atoms with Crippen LogP contribution in [-0.2, 0) is 12.8 Å². The molecule has 1 N–H and O–H groups in total. The van der Waals surface area contributed by atoms with Crippen molar-refractivity contribution in [2.24, 2.45) is 0 Å². The van der Waals surface area contributed by atoms with Gasteiger partial charge in [0.25, 0.3) is 5.69 Å². The van der Waals surface area contributed by atoms with E-state index in [1.165, 1.54) is 16.0 Å². The predicted molar refractivity (Wildman–Crippen MR) is 94.5 cm³/mol. The van der Waals surface area contributed by atoms with E-state index in [1.54, 1.807) is 26.4 Å². The van der Waals surface area contributed by atoms with E-state index in [1.807, 2.05) is 12.1 Å². The molecule has 0 bridgehead atoms. The third-order valence-electron chi connectivity index (χ3n) is 4.99. The number of rotatable bonds is 5. The molecule has 0 saturated carbocycles. The number of quaternary nitrogens is 1. The molecule has 1 aliphatic rings. The molecule has 0 amide bonds. The monoisotopic (exact) mass is 378 g/mol. The van der Waals surface area contributed by atoms with Crippen LogP contribution < -0.4 is 26.8 Å². The second-order valence-corrected chi connectivity index (χ2v) is 6.43. The van der Waals surface area contributed by atoms with Crippen LogP contribution in [0.25, 0.3) is 0 Å². The van der Waals surface area contributed by atoms with Crippen LogP contribution in [-0.4, -0.2) is 32.7 Å². The fourth-order valence-corrected chi connectivity index (χ4v) is 3.52. The highest BCUT2D eigenvalue weighted by molar-refractivity contribution is 5.49. The summed E-state index contributed by atoms with van der Waals surface area (Å²) in [4.78, 5) is 11.9. The van der Waals surface area contributed by atoms with Gasteiger partial charge in [0.1, 0.15) is 6.04 Å². The molecule has 6 nitrogen and oxygen atoms in total. The van der Waals surface area contributed by atoms with Gasteiger partial charge < -0.3 is 26.8 Å². The Hall–Kier alpha value is -2.31. The zero-order valence-electron chi connectivity index (χ0n) is 15.1. The Labute approximate surface area is 159 Å². The largest absolute Gasteiger partial charge is 1.00 e. The minimum Gasteiger partial charge on any atom is -1.00 e. The smallest absolute Gasteiger partial charge is 0.269 e. The summed E-state index contributed by atoms with van der Waals surface area (Å²) in [5, 5.41) is 10.8. The third kappa shape index (κ3) is 3.92. The van der Waals surface area contributed by atoms with Gasteiger partial charge in [-0.25, -0.2) is 0 Å². The van der Waals surface area contributed by atoms with E-state index in [4.69, 9.17) is 9.47 Å². The van der Waals surface area contributed by atoms with E-state index >= 15 is 0 Å². The summed E-state index contributed by atoms with van der Waals surface area (Å²) in [6, 6.07) is 11.3. The van der Waals surface area contributed by atoms with Crippen molar-refractivity contribution in [3.05, 3.63) is 63.2 Å². The van der Waals surface area contributed by atoms with Gasteiger partial charge in [-0.1, -0.05) is 12.1 Å². The van der Waals surface area contributed by atoms with Gasteiger partial charge in [0.05, 0.1) is 32.7 Å². The van der Waals surface area contributed by atoms with E-state index in [-0.39, 0.29) is 29.1 Å². The second kappa shape index (κ2) is 8.38. The van der Waals surface area contributed by atoms with E-state index in [2.05, 4.69) is 19.2 Å². The number of ether oxygens (including phenoxy) is 2. The number of nitro benzene ring substituents is 1. The maximum Gasteiger partial charge on any atom is 0.269 e. The number of methoxy groups -OCH3 is 2. The number of benzene rings is 2. The number of fused-ring (bicyclic) bond motifs is 1. The highest BCUT2D eigenvalue weighted by atomic mass is 35.5. The summed E-state index contributed by atoms with van der Waals surface area (Å²) < 4.78 is 10.9. The molecule has 2 aromatic carbocycles. The summed E-state index contributed by atoms with van der Waals surface area (Å²) in [6.07, 6.45) is 1.82. The lowest BCUT2D eigenvalue weighted by Crippen LogP contribution is -3.10. The maximum absolute atomic E-state index is 10.8. The highest BCUT2D eigenvalue weighted by Crippen LogP contribution is 2.35. The SMILES string of the molecule is COc1cc2c(cc1OC)C(Cc1ccc([N+](=O)[O-])cc1)[NH+](C)CC2.[Cl-]. The van der Waals surface area contributed by atoms with Crippen LogP contribution in [0.15, 0.2) is 36.4 Å². The van der Waals surface area contributed by atoms with Crippen molar-refractivity contribution in [1.29, 1.82) is 0 Å². The number of non-ortho nitro benzene ring substituents is 1. The summed E-state index contributed by atoms with van der Waals surface area (Å²) in [7, 11) is 5.49. The molecule has 0 fully saturated rings. The number of nitro groups is 1. The van der Waals surface area contributed by atoms with Gasteiger partial charge in [0, 0.05) is 30.5 Å². The molecular weight excluding hydrogens is 356 g/mol. The first kappa shape index (κ1) is 20.0. The van der Waals surface area contributed by atoms with E-state index in [9.17, 15) is 10.1 Å². The summed E-state index contributed by atoms with van der Waals surface area (Å²) in [6.45, 7) is 1.04. The van der Waals surface area contributed by atoms with Gasteiger partial charge in [0.15, 0.2) is 11.5 Å². The van der Waals surface area contributed by atoms with Crippen molar-refractivity contribution in [1.82, 2.24) is 0 Å². The average molecular weight is 379 g/mol. The molecule has 1 heterocycles. The van der Waals surface area contributed by atoms with Crippen molar-refractivity contribution in [3.63, 3.8) is 0 Å². The van der Waals surface area contributed by atoms with Crippen LogP contribution >= 0.6 is 0 Å². The van der Waals surface area contributed by atoms with Crippen LogP contribution in [0, 0.1) is 10.1 Å². The number of nitrogens with zero attached hydrogens (tertiary/aromatic N) is 1. The number of hydrogen-bond donors (Lipinski definition) is 1. The second-order valence-electron chi connectivity index (χ2n) is 6.43. The molecule has 1 aliphatic heterocycles. The van der Waals surface area contributed by atoms with Crippen molar-refractivity contribution < 1.29 is 31.7 Å². The maximum atomic E-state index is 10.8. The van der Waals surface area contributed by atoms with Gasteiger partial charge in [0.2, 0.25) is 0 Å². The minimum absolute atomic E-state index is 0. The molecule has 0 spiro atoms. The standard InChI is InChI=1S/C19H22N2O4.ClH/c1-20-9-8-14-11-18(24-2)19(25-3)12-16(14)17(20)10-13-4-6-15(7-5-13)21(22)23;/h4-7,11-12,17H,8-10H2,1-3H3;1H.